The van der Waals surface area contributed by atoms with Gasteiger partial charge in [-0.2, -0.15) is 0 Å². The second kappa shape index (κ2) is 6.06. The van der Waals surface area contributed by atoms with Crippen molar-refractivity contribution in [3.8, 4) is 0 Å². The molecule has 114 valence electrons. The van der Waals surface area contributed by atoms with Gasteiger partial charge in [-0.3, -0.25) is 4.90 Å². The normalized spacial score (nSPS) is 24.6. The molecule has 0 N–H and O–H groups in total. The van der Waals surface area contributed by atoms with E-state index in [1.807, 2.05) is 6.07 Å². The fraction of sp³-hybridized carbons (Fsp3) is 0.400. The van der Waals surface area contributed by atoms with Gasteiger partial charge in [-0.15, -0.1) is 0 Å². The average Bonchev–Trinajstić information content (AvgIpc) is 2.48. The Morgan fingerprint density at radius 3 is 2.59 bits per heavy atom. The van der Waals surface area contributed by atoms with Gasteiger partial charge in [0, 0.05) is 24.2 Å². The number of halogens is 1. The lowest BCUT2D eigenvalue weighted by Crippen LogP contribution is -2.46. The molecule has 1 fully saturated rings. The van der Waals surface area contributed by atoms with Gasteiger partial charge in [-0.05, 0) is 60.4 Å². The van der Waals surface area contributed by atoms with Crippen LogP contribution in [-0.2, 0) is 19.4 Å². The molecule has 1 nitrogen and oxygen atoms in total. The second-order valence-corrected chi connectivity index (χ2v) is 7.27. The van der Waals surface area contributed by atoms with Crippen LogP contribution in [0.15, 0.2) is 48.5 Å². The lowest BCUT2D eigenvalue weighted by atomic mass is 9.80. The van der Waals surface area contributed by atoms with Crippen LogP contribution in [0.25, 0.3) is 0 Å². The predicted octanol–water partition coefficient (Wildman–Crippen LogP) is 4.72. The van der Waals surface area contributed by atoms with Gasteiger partial charge in [0.1, 0.15) is 0 Å². The number of fused-ring (bicyclic) bond motifs is 2. The molecule has 0 spiro atoms. The molecule has 0 saturated carbocycles. The molecule has 2 heteroatoms. The van der Waals surface area contributed by atoms with Crippen molar-refractivity contribution in [1.82, 2.24) is 4.90 Å². The number of piperidine rings is 1. The molecule has 2 aromatic carbocycles. The maximum atomic E-state index is 6.15. The van der Waals surface area contributed by atoms with Crippen molar-refractivity contribution in [3.05, 3.63) is 70.2 Å². The topological polar surface area (TPSA) is 3.24 Å². The van der Waals surface area contributed by atoms with Gasteiger partial charge < -0.3 is 0 Å². The molecular formula is C20H22ClN. The minimum atomic E-state index is 0.677. The van der Waals surface area contributed by atoms with E-state index in [1.54, 1.807) is 11.1 Å². The minimum absolute atomic E-state index is 0.677. The van der Waals surface area contributed by atoms with E-state index in [-0.39, 0.29) is 0 Å². The quantitative estimate of drug-likeness (QED) is 0.775. The summed E-state index contributed by atoms with van der Waals surface area (Å²) in [6.07, 6.45) is 5.16. The highest BCUT2D eigenvalue weighted by atomic mass is 35.5. The van der Waals surface area contributed by atoms with Crippen LogP contribution in [-0.4, -0.2) is 17.5 Å². The van der Waals surface area contributed by atoms with E-state index in [1.165, 1.54) is 37.8 Å². The first-order valence-electron chi connectivity index (χ1n) is 8.33. The molecule has 1 saturated heterocycles. The molecule has 1 aliphatic carbocycles. The van der Waals surface area contributed by atoms with E-state index < -0.39 is 0 Å². The Hall–Kier alpha value is -1.31. The minimum Gasteiger partial charge on any atom is -0.296 e. The highest BCUT2D eigenvalue weighted by Crippen LogP contribution is 2.33. The summed E-state index contributed by atoms with van der Waals surface area (Å²) in [6.45, 7) is 2.26. The van der Waals surface area contributed by atoms with Crippen molar-refractivity contribution in [3.63, 3.8) is 0 Å². The Morgan fingerprint density at radius 1 is 0.955 bits per heavy atom. The van der Waals surface area contributed by atoms with Gasteiger partial charge in [0.15, 0.2) is 0 Å². The third-order valence-corrected chi connectivity index (χ3v) is 5.51. The van der Waals surface area contributed by atoms with E-state index in [2.05, 4.69) is 47.4 Å². The van der Waals surface area contributed by atoms with Gasteiger partial charge in [-0.25, -0.2) is 0 Å². The molecule has 2 bridgehead atoms. The zero-order chi connectivity index (χ0) is 14.9. The smallest absolute Gasteiger partial charge is 0.0409 e. The van der Waals surface area contributed by atoms with Gasteiger partial charge in [0.25, 0.3) is 0 Å². The summed E-state index contributed by atoms with van der Waals surface area (Å²) in [7, 11) is 0. The van der Waals surface area contributed by atoms with E-state index in [0.29, 0.717) is 6.04 Å². The monoisotopic (exact) mass is 311 g/mol. The Kier molecular flexibility index (Phi) is 3.94. The van der Waals surface area contributed by atoms with Crippen LogP contribution in [0, 0.1) is 5.92 Å². The van der Waals surface area contributed by atoms with E-state index in [0.717, 1.165) is 17.5 Å². The summed E-state index contributed by atoms with van der Waals surface area (Å²) < 4.78 is 0. The van der Waals surface area contributed by atoms with E-state index in [9.17, 15) is 0 Å². The predicted molar refractivity (Wildman–Crippen MR) is 92.2 cm³/mol. The average molecular weight is 312 g/mol. The number of hydrogen-bond donors (Lipinski definition) is 0. The number of rotatable bonds is 2. The van der Waals surface area contributed by atoms with Gasteiger partial charge >= 0.3 is 0 Å². The molecule has 0 unspecified atom stereocenters. The molecule has 2 aromatic rings. The zero-order valence-corrected chi connectivity index (χ0v) is 13.6. The maximum Gasteiger partial charge on any atom is 0.0409 e. The molecule has 2 atom stereocenters. The SMILES string of the molecule is Clc1cccc(CN2C[C@@H]3CC[C@@H]2Cc2ccccc2C3)c1. The third kappa shape index (κ3) is 2.93. The molecular weight excluding hydrogens is 290 g/mol. The standard InChI is InChI=1S/C20H22ClN/c21-19-7-3-4-15(11-19)13-22-14-16-8-9-20(22)12-18-6-2-1-5-17(18)10-16/h1-7,11,16,20H,8-10,12-14H2/t16-,20-/m1/s1. The van der Waals surface area contributed by atoms with Crippen LogP contribution in [0.1, 0.15) is 29.5 Å². The fourth-order valence-corrected chi connectivity index (χ4v) is 4.38. The van der Waals surface area contributed by atoms with Crippen LogP contribution in [0.4, 0.5) is 0 Å². The van der Waals surface area contributed by atoms with E-state index >= 15 is 0 Å². The second-order valence-electron chi connectivity index (χ2n) is 6.83. The molecule has 0 aromatic heterocycles. The van der Waals surface area contributed by atoms with Gasteiger partial charge in [0.2, 0.25) is 0 Å². The van der Waals surface area contributed by atoms with E-state index in [4.69, 9.17) is 11.6 Å². The zero-order valence-electron chi connectivity index (χ0n) is 12.8. The molecule has 0 radical (unpaired) electrons. The van der Waals surface area contributed by atoms with Crippen molar-refractivity contribution in [1.29, 1.82) is 0 Å². The Morgan fingerprint density at radius 2 is 1.77 bits per heavy atom. The first-order chi connectivity index (χ1) is 10.8. The molecule has 2 heterocycles. The number of nitrogens with zero attached hydrogens (tertiary/aromatic N) is 1. The Bertz CT molecular complexity index is 666. The van der Waals surface area contributed by atoms with Crippen LogP contribution < -0.4 is 0 Å². The van der Waals surface area contributed by atoms with Crippen LogP contribution in [0.3, 0.4) is 0 Å². The highest BCUT2D eigenvalue weighted by molar-refractivity contribution is 6.30. The molecule has 0 amide bonds. The lowest BCUT2D eigenvalue weighted by molar-refractivity contribution is 0.0938. The number of hydrogen-bond acceptors (Lipinski definition) is 1. The van der Waals surface area contributed by atoms with Crippen molar-refractivity contribution >= 4 is 11.6 Å². The summed E-state index contributed by atoms with van der Waals surface area (Å²) in [5, 5.41) is 0.847. The summed E-state index contributed by atoms with van der Waals surface area (Å²) in [5.74, 6) is 0.803. The van der Waals surface area contributed by atoms with Crippen molar-refractivity contribution in [2.75, 3.05) is 6.54 Å². The Balaban J connectivity index is 1.58. The van der Waals surface area contributed by atoms with Crippen molar-refractivity contribution in [2.24, 2.45) is 5.92 Å². The Labute approximate surface area is 137 Å². The highest BCUT2D eigenvalue weighted by Gasteiger charge is 2.31. The third-order valence-electron chi connectivity index (χ3n) is 5.27. The fourth-order valence-electron chi connectivity index (χ4n) is 4.16. The summed E-state index contributed by atoms with van der Waals surface area (Å²) in [6, 6.07) is 18.1. The first-order valence-corrected chi connectivity index (χ1v) is 8.71. The largest absolute Gasteiger partial charge is 0.296 e. The lowest BCUT2D eigenvalue weighted by Gasteiger charge is -2.42. The van der Waals surface area contributed by atoms with Gasteiger partial charge in [-0.1, -0.05) is 48.0 Å². The van der Waals surface area contributed by atoms with Crippen LogP contribution in [0.2, 0.25) is 5.02 Å². The first kappa shape index (κ1) is 14.3. The molecule has 3 aliphatic rings. The maximum absolute atomic E-state index is 6.15. The van der Waals surface area contributed by atoms with Crippen LogP contribution in [0.5, 0.6) is 0 Å². The summed E-state index contributed by atoms with van der Waals surface area (Å²) >= 11 is 6.15. The molecule has 5 rings (SSSR count). The molecule has 2 aliphatic heterocycles. The van der Waals surface area contributed by atoms with Gasteiger partial charge in [0.05, 0.1) is 0 Å². The molecule has 22 heavy (non-hydrogen) atoms. The summed E-state index contributed by atoms with van der Waals surface area (Å²) in [4.78, 5) is 2.69. The van der Waals surface area contributed by atoms with Crippen molar-refractivity contribution in [2.45, 2.75) is 38.3 Å². The number of benzene rings is 2. The summed E-state index contributed by atoms with van der Waals surface area (Å²) in [5.41, 5.74) is 4.49. The van der Waals surface area contributed by atoms with Crippen molar-refractivity contribution < 1.29 is 0 Å². The van der Waals surface area contributed by atoms with Crippen LogP contribution >= 0.6 is 11.6 Å².